The van der Waals surface area contributed by atoms with E-state index in [0.29, 0.717) is 5.78 Å². The van der Waals surface area contributed by atoms with Crippen molar-refractivity contribution in [2.24, 2.45) is 11.3 Å². The van der Waals surface area contributed by atoms with Crippen LogP contribution in [0.25, 0.3) is 0 Å². The van der Waals surface area contributed by atoms with Gasteiger partial charge in [-0.3, -0.25) is 4.79 Å². The molecule has 0 heterocycles. The van der Waals surface area contributed by atoms with E-state index in [1.807, 2.05) is 6.92 Å². The molecule has 2 bridgehead atoms. The van der Waals surface area contributed by atoms with E-state index in [4.69, 9.17) is 0 Å². The normalized spacial score (nSPS) is 39.9. The summed E-state index contributed by atoms with van der Waals surface area (Å²) in [4.78, 5) is 11.7. The van der Waals surface area contributed by atoms with Crippen LogP contribution in [0.2, 0.25) is 0 Å². The molecule has 0 amide bonds. The minimum absolute atomic E-state index is 0.156. The zero-order valence-electron chi connectivity index (χ0n) is 7.94. The molecule has 3 rings (SSSR count). The van der Waals surface area contributed by atoms with Crippen molar-refractivity contribution in [2.75, 3.05) is 0 Å². The lowest BCUT2D eigenvalue weighted by Gasteiger charge is -2.45. The topological polar surface area (TPSA) is 17.1 Å². The van der Waals surface area contributed by atoms with Gasteiger partial charge in [0.2, 0.25) is 0 Å². The van der Waals surface area contributed by atoms with E-state index in [0.717, 1.165) is 12.3 Å². The highest BCUT2D eigenvalue weighted by Gasteiger charge is 2.44. The summed E-state index contributed by atoms with van der Waals surface area (Å²) in [5.74, 6) is 1.51. The zero-order valence-corrected chi connectivity index (χ0v) is 7.94. The number of rotatable bonds is 2. The first kappa shape index (κ1) is 8.28. The van der Waals surface area contributed by atoms with Crippen molar-refractivity contribution in [3.63, 3.8) is 0 Å². The fourth-order valence-electron chi connectivity index (χ4n) is 3.04. The van der Waals surface area contributed by atoms with E-state index < -0.39 is 0 Å². The summed E-state index contributed by atoms with van der Waals surface area (Å²) in [7, 11) is 0. The van der Waals surface area contributed by atoms with Gasteiger partial charge in [0.05, 0.1) is 0 Å². The fourth-order valence-corrected chi connectivity index (χ4v) is 3.04. The van der Waals surface area contributed by atoms with E-state index in [1.165, 1.54) is 38.5 Å². The van der Waals surface area contributed by atoms with Crippen molar-refractivity contribution in [1.82, 2.24) is 0 Å². The molecule has 0 aromatic carbocycles. The number of carbonyl (C=O) groups is 1. The minimum Gasteiger partial charge on any atom is -0.299 e. The fraction of sp³-hybridized carbons (Fsp3) is 0.909. The van der Waals surface area contributed by atoms with Crippen LogP contribution in [0.15, 0.2) is 0 Å². The first-order valence-corrected chi connectivity index (χ1v) is 5.30. The number of hydrogen-bond acceptors (Lipinski definition) is 1. The number of ketones is 1. The van der Waals surface area contributed by atoms with Crippen LogP contribution in [0.4, 0.5) is 0 Å². The predicted molar refractivity (Wildman–Crippen MR) is 48.9 cm³/mol. The van der Waals surface area contributed by atoms with Crippen LogP contribution in [-0.4, -0.2) is 5.78 Å². The summed E-state index contributed by atoms with van der Waals surface area (Å²) in [6.07, 6.45) is 8.33. The third-order valence-electron chi connectivity index (χ3n) is 4.01. The lowest BCUT2D eigenvalue weighted by Crippen LogP contribution is -2.40. The van der Waals surface area contributed by atoms with Gasteiger partial charge in [0, 0.05) is 11.8 Å². The molecule has 3 saturated carbocycles. The van der Waals surface area contributed by atoms with Crippen molar-refractivity contribution in [3.8, 4) is 0 Å². The van der Waals surface area contributed by atoms with Gasteiger partial charge < -0.3 is 0 Å². The molecule has 0 aromatic heterocycles. The molecule has 0 atom stereocenters. The number of Topliss-reactive ketones (excluding diaryl/α,β-unsaturated/α-hetero) is 1. The minimum atomic E-state index is 0.156. The highest BCUT2D eigenvalue weighted by molar-refractivity contribution is 5.84. The Kier molecular flexibility index (Phi) is 1.97. The van der Waals surface area contributed by atoms with Crippen LogP contribution in [0.1, 0.15) is 51.9 Å². The molecule has 3 aliphatic carbocycles. The van der Waals surface area contributed by atoms with Crippen molar-refractivity contribution in [1.29, 1.82) is 0 Å². The van der Waals surface area contributed by atoms with Crippen molar-refractivity contribution in [2.45, 2.75) is 51.9 Å². The molecule has 12 heavy (non-hydrogen) atoms. The smallest absolute Gasteiger partial charge is 0.138 e. The van der Waals surface area contributed by atoms with Crippen LogP contribution in [-0.2, 0) is 4.79 Å². The molecule has 0 unspecified atom stereocenters. The Morgan fingerprint density at radius 3 is 2.17 bits per heavy atom. The molecule has 0 spiro atoms. The summed E-state index contributed by atoms with van der Waals surface area (Å²) in [6.45, 7) is 2.01. The Balaban J connectivity index is 2.13. The summed E-state index contributed by atoms with van der Waals surface area (Å²) < 4.78 is 0. The third-order valence-corrected chi connectivity index (χ3v) is 4.01. The first-order chi connectivity index (χ1) is 5.77. The summed E-state index contributed by atoms with van der Waals surface area (Å²) in [5, 5.41) is 0. The van der Waals surface area contributed by atoms with Gasteiger partial charge in [0.15, 0.2) is 0 Å². The average Bonchev–Trinajstić information content (AvgIpc) is 2.19. The maximum atomic E-state index is 11.7. The third kappa shape index (κ3) is 1.10. The Hall–Kier alpha value is -0.330. The molecule has 68 valence electrons. The molecular weight excluding hydrogens is 148 g/mol. The van der Waals surface area contributed by atoms with Crippen LogP contribution in [0, 0.1) is 11.3 Å². The Labute approximate surface area is 74.5 Å². The lowest BCUT2D eigenvalue weighted by atomic mass is 9.58. The zero-order chi connectivity index (χ0) is 8.60. The molecule has 0 radical (unpaired) electrons. The Morgan fingerprint density at radius 2 is 1.75 bits per heavy atom. The van der Waals surface area contributed by atoms with Crippen LogP contribution in [0.3, 0.4) is 0 Å². The largest absolute Gasteiger partial charge is 0.299 e. The maximum Gasteiger partial charge on any atom is 0.138 e. The van der Waals surface area contributed by atoms with Crippen LogP contribution < -0.4 is 0 Å². The first-order valence-electron chi connectivity index (χ1n) is 5.30. The van der Waals surface area contributed by atoms with E-state index in [9.17, 15) is 4.79 Å². The molecule has 0 aliphatic heterocycles. The van der Waals surface area contributed by atoms with E-state index in [1.54, 1.807) is 0 Å². The molecule has 0 saturated heterocycles. The van der Waals surface area contributed by atoms with Crippen LogP contribution in [0.5, 0.6) is 0 Å². The standard InChI is InChI=1S/C11H18O/c1-2-10(12)11-6-3-9(4-7-11)5-8-11/h9H,2-8H2,1H3. The molecule has 0 aromatic rings. The quantitative estimate of drug-likeness (QED) is 0.616. The SMILES string of the molecule is CCC(=O)C12CCC(CC1)CC2. The summed E-state index contributed by atoms with van der Waals surface area (Å²) in [6, 6.07) is 0. The van der Waals surface area contributed by atoms with E-state index in [2.05, 4.69) is 0 Å². The summed E-state index contributed by atoms with van der Waals surface area (Å²) >= 11 is 0. The number of hydrogen-bond donors (Lipinski definition) is 0. The van der Waals surface area contributed by atoms with Gasteiger partial charge in [-0.15, -0.1) is 0 Å². The molecule has 1 heteroatoms. The van der Waals surface area contributed by atoms with Crippen molar-refractivity contribution < 1.29 is 4.79 Å². The van der Waals surface area contributed by atoms with Gasteiger partial charge in [-0.05, 0) is 44.4 Å². The predicted octanol–water partition coefficient (Wildman–Crippen LogP) is 2.94. The van der Waals surface area contributed by atoms with Crippen LogP contribution >= 0.6 is 0 Å². The highest BCUT2D eigenvalue weighted by Crippen LogP contribution is 2.51. The number of fused-ring (bicyclic) bond motifs is 3. The second-order valence-corrected chi connectivity index (χ2v) is 4.54. The lowest BCUT2D eigenvalue weighted by molar-refractivity contribution is -0.134. The number of carbonyl (C=O) groups excluding carboxylic acids is 1. The Morgan fingerprint density at radius 1 is 1.25 bits per heavy atom. The molecule has 0 N–H and O–H groups in total. The second kappa shape index (κ2) is 2.86. The molecule has 3 fully saturated rings. The monoisotopic (exact) mass is 166 g/mol. The molecule has 3 aliphatic rings. The molecule has 1 nitrogen and oxygen atoms in total. The van der Waals surface area contributed by atoms with Crippen molar-refractivity contribution in [3.05, 3.63) is 0 Å². The second-order valence-electron chi connectivity index (χ2n) is 4.54. The highest BCUT2D eigenvalue weighted by atomic mass is 16.1. The summed E-state index contributed by atoms with van der Waals surface area (Å²) in [5.41, 5.74) is 0.156. The van der Waals surface area contributed by atoms with E-state index in [-0.39, 0.29) is 5.41 Å². The van der Waals surface area contributed by atoms with Gasteiger partial charge in [-0.25, -0.2) is 0 Å². The van der Waals surface area contributed by atoms with Gasteiger partial charge in [0.1, 0.15) is 5.78 Å². The average molecular weight is 166 g/mol. The molecular formula is C11H18O. The van der Waals surface area contributed by atoms with Gasteiger partial charge in [0.25, 0.3) is 0 Å². The maximum absolute atomic E-state index is 11.7. The van der Waals surface area contributed by atoms with Gasteiger partial charge in [-0.1, -0.05) is 6.92 Å². The van der Waals surface area contributed by atoms with E-state index >= 15 is 0 Å². The van der Waals surface area contributed by atoms with Gasteiger partial charge >= 0.3 is 0 Å². The van der Waals surface area contributed by atoms with Crippen molar-refractivity contribution >= 4 is 5.78 Å². The Bertz CT molecular complexity index is 173. The van der Waals surface area contributed by atoms with Gasteiger partial charge in [-0.2, -0.15) is 0 Å².